The van der Waals surface area contributed by atoms with Crippen LogP contribution in [0.4, 0.5) is 0 Å². The average Bonchev–Trinajstić information content (AvgIpc) is 2.29. The second-order valence-electron chi connectivity index (χ2n) is 3.13. The third kappa shape index (κ3) is 2.07. The number of rotatable bonds is 2. The minimum Gasteiger partial charge on any atom is -0.508 e. The minimum atomic E-state index is 0.241. The largest absolute Gasteiger partial charge is 0.508 e. The Hall–Kier alpha value is -2.03. The number of aromatic hydroxyl groups is 1. The van der Waals surface area contributed by atoms with E-state index in [4.69, 9.17) is 4.74 Å². The topological polar surface area (TPSA) is 42.4 Å². The SMILES string of the molecule is COc1ccc(-c2cccc(O)c2)nc1. The minimum absolute atomic E-state index is 0.241. The molecule has 15 heavy (non-hydrogen) atoms. The van der Waals surface area contributed by atoms with E-state index >= 15 is 0 Å². The number of hydrogen-bond acceptors (Lipinski definition) is 3. The van der Waals surface area contributed by atoms with Crippen LogP contribution in [0.5, 0.6) is 11.5 Å². The predicted octanol–water partition coefficient (Wildman–Crippen LogP) is 2.46. The molecule has 1 aromatic heterocycles. The molecule has 1 aromatic carbocycles. The van der Waals surface area contributed by atoms with Gasteiger partial charge >= 0.3 is 0 Å². The Bertz CT molecular complexity index is 451. The number of pyridine rings is 1. The van der Waals surface area contributed by atoms with Crippen LogP contribution in [0.1, 0.15) is 0 Å². The van der Waals surface area contributed by atoms with E-state index in [0.717, 1.165) is 17.0 Å². The average molecular weight is 201 g/mol. The van der Waals surface area contributed by atoms with Crippen LogP contribution in [0.15, 0.2) is 42.6 Å². The molecule has 3 heteroatoms. The predicted molar refractivity (Wildman–Crippen MR) is 57.9 cm³/mol. The Morgan fingerprint density at radius 1 is 1.20 bits per heavy atom. The van der Waals surface area contributed by atoms with Gasteiger partial charge in [0, 0.05) is 5.56 Å². The highest BCUT2D eigenvalue weighted by Gasteiger charge is 2.00. The molecule has 0 atom stereocenters. The molecule has 0 aliphatic carbocycles. The first-order valence-electron chi connectivity index (χ1n) is 4.59. The molecule has 0 bridgehead atoms. The number of methoxy groups -OCH3 is 1. The summed E-state index contributed by atoms with van der Waals surface area (Å²) in [6.07, 6.45) is 1.65. The van der Waals surface area contributed by atoms with Crippen LogP contribution in [0.3, 0.4) is 0 Å². The third-order valence-electron chi connectivity index (χ3n) is 2.11. The number of hydrogen-bond donors (Lipinski definition) is 1. The van der Waals surface area contributed by atoms with Gasteiger partial charge in [-0.1, -0.05) is 12.1 Å². The Morgan fingerprint density at radius 2 is 2.07 bits per heavy atom. The van der Waals surface area contributed by atoms with Crippen molar-refractivity contribution in [1.29, 1.82) is 0 Å². The second-order valence-corrected chi connectivity index (χ2v) is 3.13. The molecule has 0 saturated carbocycles. The highest BCUT2D eigenvalue weighted by atomic mass is 16.5. The van der Waals surface area contributed by atoms with Crippen LogP contribution in [-0.4, -0.2) is 17.2 Å². The van der Waals surface area contributed by atoms with Crippen molar-refractivity contribution in [1.82, 2.24) is 4.98 Å². The van der Waals surface area contributed by atoms with Gasteiger partial charge in [0.05, 0.1) is 19.0 Å². The fourth-order valence-corrected chi connectivity index (χ4v) is 1.34. The molecule has 0 fully saturated rings. The molecule has 0 amide bonds. The molecule has 1 heterocycles. The number of nitrogens with zero attached hydrogens (tertiary/aromatic N) is 1. The van der Waals surface area contributed by atoms with Gasteiger partial charge in [0.15, 0.2) is 0 Å². The lowest BCUT2D eigenvalue weighted by atomic mass is 10.1. The van der Waals surface area contributed by atoms with Crippen LogP contribution >= 0.6 is 0 Å². The molecule has 1 N–H and O–H groups in total. The molecule has 0 aliphatic rings. The fourth-order valence-electron chi connectivity index (χ4n) is 1.34. The van der Waals surface area contributed by atoms with Gasteiger partial charge in [-0.15, -0.1) is 0 Å². The summed E-state index contributed by atoms with van der Waals surface area (Å²) < 4.78 is 5.02. The van der Waals surface area contributed by atoms with Gasteiger partial charge in [-0.3, -0.25) is 4.98 Å². The molecule has 2 rings (SSSR count). The Kier molecular flexibility index (Phi) is 2.54. The standard InChI is InChI=1S/C12H11NO2/c1-15-11-5-6-12(13-8-11)9-3-2-4-10(14)7-9/h2-8,14H,1H3. The summed E-state index contributed by atoms with van der Waals surface area (Å²) in [6, 6.07) is 10.7. The maximum Gasteiger partial charge on any atom is 0.137 e. The molecular weight excluding hydrogens is 190 g/mol. The first-order valence-corrected chi connectivity index (χ1v) is 4.59. The first-order chi connectivity index (χ1) is 7.29. The van der Waals surface area contributed by atoms with Crippen LogP contribution in [-0.2, 0) is 0 Å². The maximum atomic E-state index is 9.32. The van der Waals surface area contributed by atoms with Gasteiger partial charge in [0.25, 0.3) is 0 Å². The number of phenols is 1. The highest BCUT2D eigenvalue weighted by molar-refractivity contribution is 5.61. The van der Waals surface area contributed by atoms with E-state index in [2.05, 4.69) is 4.98 Å². The van der Waals surface area contributed by atoms with Gasteiger partial charge in [-0.25, -0.2) is 0 Å². The highest BCUT2D eigenvalue weighted by Crippen LogP contribution is 2.22. The first kappa shape index (κ1) is 9.52. The third-order valence-corrected chi connectivity index (χ3v) is 2.11. The Morgan fingerprint density at radius 3 is 2.67 bits per heavy atom. The zero-order chi connectivity index (χ0) is 10.7. The summed E-state index contributed by atoms with van der Waals surface area (Å²) in [5.74, 6) is 0.962. The zero-order valence-corrected chi connectivity index (χ0v) is 8.34. The lowest BCUT2D eigenvalue weighted by molar-refractivity contribution is 0.413. The van der Waals surface area contributed by atoms with E-state index in [-0.39, 0.29) is 5.75 Å². The molecular formula is C12H11NO2. The van der Waals surface area contributed by atoms with Crippen LogP contribution in [0, 0.1) is 0 Å². The number of phenolic OH excluding ortho intramolecular Hbond substituents is 1. The van der Waals surface area contributed by atoms with Crippen molar-refractivity contribution < 1.29 is 9.84 Å². The lowest BCUT2D eigenvalue weighted by Crippen LogP contribution is -1.86. The van der Waals surface area contributed by atoms with Crippen molar-refractivity contribution in [2.24, 2.45) is 0 Å². The number of aromatic nitrogens is 1. The van der Waals surface area contributed by atoms with Crippen LogP contribution in [0.25, 0.3) is 11.3 Å². The van der Waals surface area contributed by atoms with Crippen molar-refractivity contribution >= 4 is 0 Å². The van der Waals surface area contributed by atoms with Gasteiger partial charge in [0.1, 0.15) is 11.5 Å². The van der Waals surface area contributed by atoms with E-state index in [1.165, 1.54) is 0 Å². The second kappa shape index (κ2) is 4.00. The molecule has 0 saturated heterocycles. The molecule has 0 radical (unpaired) electrons. The number of benzene rings is 1. The zero-order valence-electron chi connectivity index (χ0n) is 8.34. The van der Waals surface area contributed by atoms with Crippen molar-refractivity contribution in [3.8, 4) is 22.8 Å². The summed E-state index contributed by atoms with van der Waals surface area (Å²) >= 11 is 0. The molecule has 2 aromatic rings. The van der Waals surface area contributed by atoms with E-state index in [1.54, 1.807) is 31.5 Å². The lowest BCUT2D eigenvalue weighted by Gasteiger charge is -2.02. The maximum absolute atomic E-state index is 9.32. The van der Waals surface area contributed by atoms with Crippen molar-refractivity contribution in [3.05, 3.63) is 42.6 Å². The quantitative estimate of drug-likeness (QED) is 0.811. The van der Waals surface area contributed by atoms with Crippen LogP contribution in [0.2, 0.25) is 0 Å². The van der Waals surface area contributed by atoms with E-state index in [0.29, 0.717) is 0 Å². The van der Waals surface area contributed by atoms with E-state index in [1.807, 2.05) is 18.2 Å². The van der Waals surface area contributed by atoms with E-state index in [9.17, 15) is 5.11 Å². The molecule has 0 spiro atoms. The van der Waals surface area contributed by atoms with Crippen molar-refractivity contribution in [2.75, 3.05) is 7.11 Å². The molecule has 76 valence electrons. The van der Waals surface area contributed by atoms with Crippen molar-refractivity contribution in [2.45, 2.75) is 0 Å². The summed E-state index contributed by atoms with van der Waals surface area (Å²) in [5, 5.41) is 9.32. The monoisotopic (exact) mass is 201 g/mol. The van der Waals surface area contributed by atoms with Gasteiger partial charge in [0.2, 0.25) is 0 Å². The van der Waals surface area contributed by atoms with Gasteiger partial charge in [-0.2, -0.15) is 0 Å². The van der Waals surface area contributed by atoms with E-state index < -0.39 is 0 Å². The normalized spacial score (nSPS) is 9.93. The fraction of sp³-hybridized carbons (Fsp3) is 0.0833. The van der Waals surface area contributed by atoms with Crippen molar-refractivity contribution in [3.63, 3.8) is 0 Å². The molecule has 0 unspecified atom stereocenters. The smallest absolute Gasteiger partial charge is 0.137 e. The molecule has 3 nitrogen and oxygen atoms in total. The molecule has 0 aliphatic heterocycles. The number of ether oxygens (including phenoxy) is 1. The summed E-state index contributed by atoms with van der Waals surface area (Å²) in [5.41, 5.74) is 1.70. The summed E-state index contributed by atoms with van der Waals surface area (Å²) in [7, 11) is 1.60. The Balaban J connectivity index is 2.37. The Labute approximate surface area is 88.0 Å². The van der Waals surface area contributed by atoms with Gasteiger partial charge < -0.3 is 9.84 Å². The van der Waals surface area contributed by atoms with Gasteiger partial charge in [-0.05, 0) is 24.3 Å². The summed E-state index contributed by atoms with van der Waals surface area (Å²) in [4.78, 5) is 4.22. The summed E-state index contributed by atoms with van der Waals surface area (Å²) in [6.45, 7) is 0. The van der Waals surface area contributed by atoms with Crippen LogP contribution < -0.4 is 4.74 Å².